The van der Waals surface area contributed by atoms with E-state index in [-0.39, 0.29) is 0 Å². The van der Waals surface area contributed by atoms with Crippen LogP contribution in [0.4, 0.5) is 0 Å². The minimum atomic E-state index is 0.331. The molecule has 0 aliphatic heterocycles. The summed E-state index contributed by atoms with van der Waals surface area (Å²) in [5.41, 5.74) is 0.978. The first-order valence-electron chi connectivity index (χ1n) is 6.91. The molecule has 0 aromatic rings. The van der Waals surface area contributed by atoms with Crippen LogP contribution in [0, 0.1) is 34.5 Å². The van der Waals surface area contributed by atoms with Crippen molar-refractivity contribution in [2.75, 3.05) is 0 Å². The fourth-order valence-electron chi connectivity index (χ4n) is 5.52. The molecule has 1 unspecified atom stereocenters. The van der Waals surface area contributed by atoms with Gasteiger partial charge in [-0.15, -0.1) is 0 Å². The molecule has 4 aliphatic carbocycles. The Morgan fingerprint density at radius 1 is 1.12 bits per heavy atom. The van der Waals surface area contributed by atoms with Crippen LogP contribution in [0.15, 0.2) is 0 Å². The molecule has 0 radical (unpaired) electrons. The van der Waals surface area contributed by atoms with E-state index >= 15 is 0 Å². The van der Waals surface area contributed by atoms with E-state index in [0.717, 1.165) is 12.3 Å². The number of hydrogen-bond donors (Lipinski definition) is 0. The van der Waals surface area contributed by atoms with E-state index in [1.54, 1.807) is 0 Å². The van der Waals surface area contributed by atoms with Crippen molar-refractivity contribution in [3.8, 4) is 0 Å². The van der Waals surface area contributed by atoms with Gasteiger partial charge in [0.05, 0.1) is 0 Å². The SMILES string of the molecule is C[C@@H]1C(=O)C[C@H]2[C@H]3[C@@H]1C2(C)CCCC3(C)C. The lowest BCUT2D eigenvalue weighted by Gasteiger charge is -2.68. The lowest BCUT2D eigenvalue weighted by atomic mass is 9.36. The van der Waals surface area contributed by atoms with Crippen LogP contribution in [0.25, 0.3) is 0 Å². The molecule has 0 heterocycles. The van der Waals surface area contributed by atoms with Crippen LogP contribution in [0.5, 0.6) is 0 Å². The first-order chi connectivity index (χ1) is 7.38. The Morgan fingerprint density at radius 2 is 1.81 bits per heavy atom. The number of hydrogen-bond acceptors (Lipinski definition) is 1. The van der Waals surface area contributed by atoms with Crippen LogP contribution in [0.3, 0.4) is 0 Å². The summed E-state index contributed by atoms with van der Waals surface area (Å²) in [6.45, 7) is 9.52. The van der Waals surface area contributed by atoms with Crippen molar-refractivity contribution in [1.82, 2.24) is 0 Å². The highest BCUT2D eigenvalue weighted by molar-refractivity contribution is 5.83. The molecule has 1 heteroatoms. The highest BCUT2D eigenvalue weighted by Crippen LogP contribution is 2.72. The molecule has 4 saturated carbocycles. The number of ketones is 1. The Hall–Kier alpha value is -0.330. The maximum atomic E-state index is 11.9. The summed E-state index contributed by atoms with van der Waals surface area (Å²) in [6.07, 6.45) is 4.97. The average molecular weight is 220 g/mol. The van der Waals surface area contributed by atoms with Crippen molar-refractivity contribution in [3.63, 3.8) is 0 Å². The molecular formula is C15H24O. The van der Waals surface area contributed by atoms with E-state index in [9.17, 15) is 4.79 Å². The average Bonchev–Trinajstić information content (AvgIpc) is 2.34. The third-order valence-corrected chi connectivity index (χ3v) is 6.34. The van der Waals surface area contributed by atoms with Gasteiger partial charge in [-0.1, -0.05) is 34.1 Å². The van der Waals surface area contributed by atoms with Crippen LogP contribution in [-0.4, -0.2) is 5.78 Å². The molecule has 0 N–H and O–H groups in total. The normalized spacial score (nSPS) is 54.1. The predicted octanol–water partition coefficient (Wildman–Crippen LogP) is 3.67. The summed E-state index contributed by atoms with van der Waals surface area (Å²) in [6, 6.07) is 0. The van der Waals surface area contributed by atoms with Gasteiger partial charge in [0.2, 0.25) is 0 Å². The second-order valence-electron chi connectivity index (χ2n) is 7.47. The van der Waals surface area contributed by atoms with E-state index in [2.05, 4.69) is 27.7 Å². The van der Waals surface area contributed by atoms with Crippen molar-refractivity contribution in [2.24, 2.45) is 34.5 Å². The first-order valence-corrected chi connectivity index (χ1v) is 6.91. The zero-order valence-corrected chi connectivity index (χ0v) is 11.0. The summed E-state index contributed by atoms with van der Waals surface area (Å²) in [4.78, 5) is 11.9. The van der Waals surface area contributed by atoms with Crippen LogP contribution in [-0.2, 0) is 4.79 Å². The molecule has 4 fully saturated rings. The molecule has 5 atom stereocenters. The molecule has 4 aliphatic rings. The monoisotopic (exact) mass is 220 g/mol. The summed E-state index contributed by atoms with van der Waals surface area (Å²) in [7, 11) is 0. The summed E-state index contributed by atoms with van der Waals surface area (Å²) in [5, 5.41) is 0. The Labute approximate surface area is 99.0 Å². The molecule has 0 aromatic carbocycles. The van der Waals surface area contributed by atoms with Gasteiger partial charge in [-0.25, -0.2) is 0 Å². The number of carbonyl (C=O) groups excluding carboxylic acids is 1. The fraction of sp³-hybridized carbons (Fsp3) is 0.933. The second kappa shape index (κ2) is 2.91. The summed E-state index contributed by atoms with van der Waals surface area (Å²) >= 11 is 0. The van der Waals surface area contributed by atoms with Crippen molar-refractivity contribution >= 4 is 5.78 Å². The minimum Gasteiger partial charge on any atom is -0.299 e. The number of rotatable bonds is 0. The van der Waals surface area contributed by atoms with Crippen molar-refractivity contribution in [2.45, 2.75) is 53.4 Å². The largest absolute Gasteiger partial charge is 0.299 e. The Bertz CT molecular complexity index is 343. The molecule has 4 rings (SSSR count). The third kappa shape index (κ3) is 1.05. The maximum absolute atomic E-state index is 11.9. The van der Waals surface area contributed by atoms with Gasteiger partial charge in [-0.2, -0.15) is 0 Å². The smallest absolute Gasteiger partial charge is 0.136 e. The zero-order valence-electron chi connectivity index (χ0n) is 11.0. The van der Waals surface area contributed by atoms with Gasteiger partial charge < -0.3 is 0 Å². The van der Waals surface area contributed by atoms with Gasteiger partial charge in [0.15, 0.2) is 0 Å². The molecule has 0 amide bonds. The van der Waals surface area contributed by atoms with Gasteiger partial charge >= 0.3 is 0 Å². The molecule has 0 spiro atoms. The van der Waals surface area contributed by atoms with Crippen LogP contribution < -0.4 is 0 Å². The summed E-state index contributed by atoms with van der Waals surface area (Å²) in [5.74, 6) is 3.10. The number of Topliss-reactive ketones (excluding diaryl/α,β-unsaturated/α-hetero) is 1. The van der Waals surface area contributed by atoms with E-state index in [4.69, 9.17) is 0 Å². The third-order valence-electron chi connectivity index (χ3n) is 6.34. The fourth-order valence-corrected chi connectivity index (χ4v) is 5.52. The molecule has 1 nitrogen and oxygen atoms in total. The standard InChI is InChI=1S/C15H24O/c1-9-11(16)8-10-13-12(9)15(10,4)7-5-6-14(13,2)3/h9-10,12-13H,5-8H2,1-4H3/t9-,10+,12-,13+,15?/m1/s1. The Kier molecular flexibility index (Phi) is 1.97. The lowest BCUT2D eigenvalue weighted by Crippen LogP contribution is -2.65. The van der Waals surface area contributed by atoms with E-state index in [1.807, 2.05) is 0 Å². The minimum absolute atomic E-state index is 0.331. The van der Waals surface area contributed by atoms with Gasteiger partial charge in [0, 0.05) is 12.3 Å². The topological polar surface area (TPSA) is 17.1 Å². The van der Waals surface area contributed by atoms with E-state index in [0.29, 0.717) is 34.4 Å². The van der Waals surface area contributed by atoms with Crippen LogP contribution >= 0.6 is 0 Å². The van der Waals surface area contributed by atoms with Crippen LogP contribution in [0.2, 0.25) is 0 Å². The predicted molar refractivity (Wildman–Crippen MR) is 65.0 cm³/mol. The molecule has 4 bridgehead atoms. The molecule has 0 saturated heterocycles. The molecular weight excluding hydrogens is 196 g/mol. The Balaban J connectivity index is 2.03. The lowest BCUT2D eigenvalue weighted by molar-refractivity contribution is -0.204. The van der Waals surface area contributed by atoms with Crippen molar-refractivity contribution < 1.29 is 4.79 Å². The molecule has 90 valence electrons. The highest BCUT2D eigenvalue weighted by Gasteiger charge is 2.68. The number of fused-ring (bicyclic) bond motifs is 2. The van der Waals surface area contributed by atoms with Crippen LogP contribution in [0.1, 0.15) is 53.4 Å². The molecule has 0 aromatic heterocycles. The zero-order chi connectivity index (χ0) is 11.7. The number of carbonyl (C=O) groups is 1. The Morgan fingerprint density at radius 3 is 2.44 bits per heavy atom. The van der Waals surface area contributed by atoms with Gasteiger partial charge in [0.25, 0.3) is 0 Å². The van der Waals surface area contributed by atoms with Gasteiger partial charge in [0.1, 0.15) is 5.78 Å². The second-order valence-corrected chi connectivity index (χ2v) is 7.47. The summed E-state index contributed by atoms with van der Waals surface area (Å²) < 4.78 is 0. The first kappa shape index (κ1) is 10.8. The maximum Gasteiger partial charge on any atom is 0.136 e. The van der Waals surface area contributed by atoms with Gasteiger partial charge in [-0.05, 0) is 41.4 Å². The van der Waals surface area contributed by atoms with E-state index in [1.165, 1.54) is 19.3 Å². The van der Waals surface area contributed by atoms with Crippen molar-refractivity contribution in [3.05, 3.63) is 0 Å². The van der Waals surface area contributed by atoms with E-state index < -0.39 is 0 Å². The highest BCUT2D eigenvalue weighted by atomic mass is 16.1. The quantitative estimate of drug-likeness (QED) is 0.608. The van der Waals surface area contributed by atoms with Gasteiger partial charge in [-0.3, -0.25) is 4.79 Å². The van der Waals surface area contributed by atoms with Crippen molar-refractivity contribution in [1.29, 1.82) is 0 Å². The molecule has 16 heavy (non-hydrogen) atoms.